The van der Waals surface area contributed by atoms with Crippen molar-refractivity contribution in [1.82, 2.24) is 10.2 Å². The quantitative estimate of drug-likeness (QED) is 0.811. The molecule has 3 nitrogen and oxygen atoms in total. The molecule has 1 N–H and O–H groups in total. The minimum atomic E-state index is 0.341. The highest BCUT2D eigenvalue weighted by molar-refractivity contribution is 4.90. The van der Waals surface area contributed by atoms with Gasteiger partial charge < -0.3 is 10.1 Å². The van der Waals surface area contributed by atoms with E-state index in [1.807, 2.05) is 0 Å². The molecular weight excluding hydrogens is 248 g/mol. The number of nitrogens with zero attached hydrogens (tertiary/aromatic N) is 1. The van der Waals surface area contributed by atoms with Gasteiger partial charge in [-0.15, -0.1) is 0 Å². The fourth-order valence-electron chi connectivity index (χ4n) is 3.68. The van der Waals surface area contributed by atoms with Gasteiger partial charge in [-0.3, -0.25) is 4.90 Å². The van der Waals surface area contributed by atoms with Crippen molar-refractivity contribution in [2.75, 3.05) is 32.8 Å². The summed E-state index contributed by atoms with van der Waals surface area (Å²) in [6.07, 6.45) is 5.85. The topological polar surface area (TPSA) is 24.5 Å². The van der Waals surface area contributed by atoms with E-state index < -0.39 is 0 Å². The smallest absolute Gasteiger partial charge is 0.0730 e. The zero-order valence-electron chi connectivity index (χ0n) is 14.0. The zero-order valence-corrected chi connectivity index (χ0v) is 14.0. The Hall–Kier alpha value is -0.120. The Morgan fingerprint density at radius 3 is 2.75 bits per heavy atom. The monoisotopic (exact) mass is 282 g/mol. The standard InChI is InChI=1S/C17H34N2O/c1-14(2)11-18-12-17(3,4)13-19-9-10-20-16-8-6-5-7-15(16)19/h14-16,18H,5-13H2,1-4H3. The van der Waals surface area contributed by atoms with Crippen LogP contribution in [-0.4, -0.2) is 49.8 Å². The third-order valence-electron chi connectivity index (χ3n) is 4.63. The van der Waals surface area contributed by atoms with Crippen molar-refractivity contribution < 1.29 is 4.74 Å². The van der Waals surface area contributed by atoms with Crippen LogP contribution in [0.25, 0.3) is 0 Å². The molecule has 0 aromatic carbocycles. The van der Waals surface area contributed by atoms with Gasteiger partial charge in [0.05, 0.1) is 12.7 Å². The minimum absolute atomic E-state index is 0.341. The number of morpholine rings is 1. The van der Waals surface area contributed by atoms with Gasteiger partial charge >= 0.3 is 0 Å². The molecule has 1 saturated carbocycles. The molecule has 2 rings (SSSR count). The van der Waals surface area contributed by atoms with Crippen LogP contribution in [0, 0.1) is 11.3 Å². The Morgan fingerprint density at radius 2 is 2.00 bits per heavy atom. The van der Waals surface area contributed by atoms with Crippen LogP contribution in [0.1, 0.15) is 53.4 Å². The second-order valence-corrected chi connectivity index (χ2v) is 7.92. The van der Waals surface area contributed by atoms with E-state index >= 15 is 0 Å². The van der Waals surface area contributed by atoms with Crippen molar-refractivity contribution in [2.24, 2.45) is 11.3 Å². The fraction of sp³-hybridized carbons (Fsp3) is 1.00. The molecule has 1 aliphatic carbocycles. The van der Waals surface area contributed by atoms with E-state index in [9.17, 15) is 0 Å². The van der Waals surface area contributed by atoms with Gasteiger partial charge in [0.2, 0.25) is 0 Å². The van der Waals surface area contributed by atoms with Crippen LogP contribution < -0.4 is 5.32 Å². The molecule has 2 unspecified atom stereocenters. The van der Waals surface area contributed by atoms with Crippen LogP contribution in [0.4, 0.5) is 0 Å². The molecular formula is C17H34N2O. The lowest BCUT2D eigenvalue weighted by Crippen LogP contribution is -2.55. The molecule has 0 spiro atoms. The highest BCUT2D eigenvalue weighted by atomic mass is 16.5. The molecule has 0 bridgehead atoms. The number of fused-ring (bicyclic) bond motifs is 1. The summed E-state index contributed by atoms with van der Waals surface area (Å²) in [5.74, 6) is 0.733. The van der Waals surface area contributed by atoms with Crippen LogP contribution in [0.15, 0.2) is 0 Å². The highest BCUT2D eigenvalue weighted by Crippen LogP contribution is 2.30. The molecule has 0 aromatic rings. The van der Waals surface area contributed by atoms with Gasteiger partial charge in [-0.05, 0) is 30.7 Å². The van der Waals surface area contributed by atoms with Gasteiger partial charge in [0, 0.05) is 25.7 Å². The van der Waals surface area contributed by atoms with Gasteiger partial charge in [0.25, 0.3) is 0 Å². The second kappa shape index (κ2) is 7.24. The van der Waals surface area contributed by atoms with Crippen LogP contribution >= 0.6 is 0 Å². The Labute approximate surface area is 125 Å². The van der Waals surface area contributed by atoms with Crippen molar-refractivity contribution in [3.05, 3.63) is 0 Å². The van der Waals surface area contributed by atoms with Crippen molar-refractivity contribution in [3.63, 3.8) is 0 Å². The molecule has 118 valence electrons. The van der Waals surface area contributed by atoms with Gasteiger partial charge in [0.15, 0.2) is 0 Å². The molecule has 1 heterocycles. The van der Waals surface area contributed by atoms with E-state index in [-0.39, 0.29) is 0 Å². The largest absolute Gasteiger partial charge is 0.375 e. The first-order valence-electron chi connectivity index (χ1n) is 8.54. The molecule has 20 heavy (non-hydrogen) atoms. The fourth-order valence-corrected chi connectivity index (χ4v) is 3.68. The van der Waals surface area contributed by atoms with Gasteiger partial charge in [-0.2, -0.15) is 0 Å². The summed E-state index contributed by atoms with van der Waals surface area (Å²) in [5, 5.41) is 3.63. The van der Waals surface area contributed by atoms with Gasteiger partial charge in [0.1, 0.15) is 0 Å². The van der Waals surface area contributed by atoms with E-state index in [1.54, 1.807) is 0 Å². The van der Waals surface area contributed by atoms with Crippen molar-refractivity contribution in [1.29, 1.82) is 0 Å². The molecule has 1 aliphatic heterocycles. The highest BCUT2D eigenvalue weighted by Gasteiger charge is 2.36. The first kappa shape index (κ1) is 16.3. The predicted molar refractivity (Wildman–Crippen MR) is 85.1 cm³/mol. The summed E-state index contributed by atoms with van der Waals surface area (Å²) < 4.78 is 5.98. The molecule has 2 fully saturated rings. The molecule has 2 atom stereocenters. The lowest BCUT2D eigenvalue weighted by atomic mass is 9.86. The molecule has 1 saturated heterocycles. The van der Waals surface area contributed by atoms with Crippen LogP contribution in [0.5, 0.6) is 0 Å². The maximum absolute atomic E-state index is 5.98. The molecule has 3 heteroatoms. The number of hydrogen-bond acceptors (Lipinski definition) is 3. The lowest BCUT2D eigenvalue weighted by molar-refractivity contribution is -0.0965. The number of nitrogens with one attached hydrogen (secondary N) is 1. The number of rotatable bonds is 6. The normalized spacial score (nSPS) is 28.6. The third kappa shape index (κ3) is 4.71. The van der Waals surface area contributed by atoms with Gasteiger partial charge in [-0.1, -0.05) is 40.5 Å². The summed E-state index contributed by atoms with van der Waals surface area (Å²) >= 11 is 0. The summed E-state index contributed by atoms with van der Waals surface area (Å²) in [7, 11) is 0. The Bertz CT molecular complexity index is 289. The van der Waals surface area contributed by atoms with Crippen LogP contribution in [0.3, 0.4) is 0 Å². The zero-order chi connectivity index (χ0) is 14.6. The summed E-state index contributed by atoms with van der Waals surface area (Å²) in [6.45, 7) is 14.8. The average molecular weight is 282 g/mol. The Balaban J connectivity index is 1.83. The average Bonchev–Trinajstić information content (AvgIpc) is 2.38. The van der Waals surface area contributed by atoms with Crippen LogP contribution in [0.2, 0.25) is 0 Å². The third-order valence-corrected chi connectivity index (χ3v) is 4.63. The van der Waals surface area contributed by atoms with Crippen LogP contribution in [-0.2, 0) is 4.74 Å². The van der Waals surface area contributed by atoms with Crippen molar-refractivity contribution >= 4 is 0 Å². The van der Waals surface area contributed by atoms with Gasteiger partial charge in [-0.25, -0.2) is 0 Å². The molecule has 0 amide bonds. The second-order valence-electron chi connectivity index (χ2n) is 7.92. The predicted octanol–water partition coefficient (Wildman–Crippen LogP) is 2.90. The summed E-state index contributed by atoms with van der Waals surface area (Å²) in [5.41, 5.74) is 0.341. The van der Waals surface area contributed by atoms with E-state index in [4.69, 9.17) is 4.74 Å². The molecule has 2 aliphatic rings. The van der Waals surface area contributed by atoms with E-state index in [0.29, 0.717) is 17.6 Å². The molecule has 0 radical (unpaired) electrons. The van der Waals surface area contributed by atoms with Crippen molar-refractivity contribution in [3.8, 4) is 0 Å². The number of ether oxygens (including phenoxy) is 1. The molecule has 0 aromatic heterocycles. The van der Waals surface area contributed by atoms with E-state index in [1.165, 1.54) is 32.2 Å². The Morgan fingerprint density at radius 1 is 1.25 bits per heavy atom. The summed E-state index contributed by atoms with van der Waals surface area (Å²) in [6, 6.07) is 0.682. The summed E-state index contributed by atoms with van der Waals surface area (Å²) in [4.78, 5) is 2.71. The Kier molecular flexibility index (Phi) is 5.88. The maximum Gasteiger partial charge on any atom is 0.0730 e. The van der Waals surface area contributed by atoms with Crippen molar-refractivity contribution in [2.45, 2.75) is 65.5 Å². The first-order chi connectivity index (χ1) is 9.48. The minimum Gasteiger partial charge on any atom is -0.375 e. The maximum atomic E-state index is 5.98. The van der Waals surface area contributed by atoms with E-state index in [2.05, 4.69) is 37.9 Å². The van der Waals surface area contributed by atoms with E-state index in [0.717, 1.165) is 32.2 Å². The number of hydrogen-bond donors (Lipinski definition) is 1. The first-order valence-corrected chi connectivity index (χ1v) is 8.54. The SMILES string of the molecule is CC(C)CNCC(C)(C)CN1CCOC2CCCCC21. The lowest BCUT2D eigenvalue weighted by Gasteiger charge is -2.46.